The fourth-order valence-electron chi connectivity index (χ4n) is 1.32. The number of hydrogen-bond donors (Lipinski definition) is 2. The average molecular weight is 367 g/mol. The molecule has 1 aromatic carbocycles. The third-order valence-electron chi connectivity index (χ3n) is 2.75. The van der Waals surface area contributed by atoms with E-state index in [4.69, 9.17) is 17.3 Å². The molecule has 3 N–H and O–H groups in total. The highest BCUT2D eigenvalue weighted by Gasteiger charge is 2.19. The van der Waals surface area contributed by atoms with Gasteiger partial charge in [0, 0.05) is 8.59 Å². The molecule has 0 heterocycles. The number of carbonyl (C=O) groups is 1. The van der Waals surface area contributed by atoms with Gasteiger partial charge in [0.25, 0.3) is 0 Å². The van der Waals surface area contributed by atoms with Crippen LogP contribution >= 0.6 is 34.2 Å². The maximum absolute atomic E-state index is 11.9. The van der Waals surface area contributed by atoms with Crippen LogP contribution in [0.5, 0.6) is 0 Å². The molecule has 2 unspecified atom stereocenters. The zero-order valence-electron chi connectivity index (χ0n) is 9.84. The van der Waals surface area contributed by atoms with Crippen molar-refractivity contribution in [3.63, 3.8) is 0 Å². The van der Waals surface area contributed by atoms with E-state index in [2.05, 4.69) is 27.9 Å². The van der Waals surface area contributed by atoms with Crippen LogP contribution in [0.3, 0.4) is 0 Å². The summed E-state index contributed by atoms with van der Waals surface area (Å²) in [7, 11) is 0. The zero-order valence-corrected chi connectivity index (χ0v) is 12.7. The SMILES string of the molecule is CCC(C)C(N)C(=O)Nc1ccc(Cl)cc1I. The molecule has 3 nitrogen and oxygen atoms in total. The molecule has 0 aliphatic carbocycles. The molecule has 17 heavy (non-hydrogen) atoms. The molecule has 1 rings (SSSR count). The highest BCUT2D eigenvalue weighted by molar-refractivity contribution is 14.1. The second-order valence-electron chi connectivity index (χ2n) is 4.02. The van der Waals surface area contributed by atoms with Gasteiger partial charge >= 0.3 is 0 Å². The van der Waals surface area contributed by atoms with Crippen molar-refractivity contribution in [1.82, 2.24) is 0 Å². The normalized spacial score (nSPS) is 14.2. The van der Waals surface area contributed by atoms with Crippen LogP contribution < -0.4 is 11.1 Å². The van der Waals surface area contributed by atoms with E-state index < -0.39 is 6.04 Å². The quantitative estimate of drug-likeness (QED) is 0.804. The molecule has 0 aromatic heterocycles. The summed E-state index contributed by atoms with van der Waals surface area (Å²) in [6.45, 7) is 3.99. The second kappa shape index (κ2) is 6.56. The number of benzene rings is 1. The first-order valence-corrected chi connectivity index (χ1v) is 6.92. The maximum Gasteiger partial charge on any atom is 0.241 e. The number of hydrogen-bond acceptors (Lipinski definition) is 2. The fraction of sp³-hybridized carbons (Fsp3) is 0.417. The van der Waals surface area contributed by atoms with Crippen molar-refractivity contribution < 1.29 is 4.79 Å². The molecule has 0 aliphatic heterocycles. The number of nitrogens with two attached hydrogens (primary N) is 1. The summed E-state index contributed by atoms with van der Waals surface area (Å²) in [6.07, 6.45) is 0.881. The Kier molecular flexibility index (Phi) is 5.69. The summed E-state index contributed by atoms with van der Waals surface area (Å²) >= 11 is 7.98. The van der Waals surface area contributed by atoms with Gasteiger partial charge in [0.15, 0.2) is 0 Å². The van der Waals surface area contributed by atoms with E-state index in [1.165, 1.54) is 0 Å². The van der Waals surface area contributed by atoms with E-state index in [0.29, 0.717) is 5.02 Å². The predicted molar refractivity (Wildman–Crippen MR) is 80.2 cm³/mol. The van der Waals surface area contributed by atoms with E-state index in [0.717, 1.165) is 15.7 Å². The van der Waals surface area contributed by atoms with E-state index in [-0.39, 0.29) is 11.8 Å². The lowest BCUT2D eigenvalue weighted by molar-refractivity contribution is -0.118. The molecule has 5 heteroatoms. The van der Waals surface area contributed by atoms with Crippen molar-refractivity contribution in [1.29, 1.82) is 0 Å². The predicted octanol–water partition coefficient (Wildman–Crippen LogP) is 3.26. The Morgan fingerprint density at radius 1 is 1.59 bits per heavy atom. The van der Waals surface area contributed by atoms with Gasteiger partial charge in [0.05, 0.1) is 11.7 Å². The first kappa shape index (κ1) is 14.7. The minimum Gasteiger partial charge on any atom is -0.324 e. The Morgan fingerprint density at radius 3 is 2.76 bits per heavy atom. The fourth-order valence-corrected chi connectivity index (χ4v) is 2.33. The summed E-state index contributed by atoms with van der Waals surface area (Å²) in [4.78, 5) is 11.9. The lowest BCUT2D eigenvalue weighted by Crippen LogP contribution is -2.40. The third kappa shape index (κ3) is 4.12. The van der Waals surface area contributed by atoms with Crippen LogP contribution in [-0.4, -0.2) is 11.9 Å². The van der Waals surface area contributed by atoms with Gasteiger partial charge in [-0.05, 0) is 46.7 Å². The number of amides is 1. The number of rotatable bonds is 4. The van der Waals surface area contributed by atoms with Crippen molar-refractivity contribution in [3.8, 4) is 0 Å². The molecular formula is C12H16ClIN2O. The summed E-state index contributed by atoms with van der Waals surface area (Å²) in [5.41, 5.74) is 6.61. The number of anilines is 1. The van der Waals surface area contributed by atoms with E-state index >= 15 is 0 Å². The van der Waals surface area contributed by atoms with Crippen molar-refractivity contribution in [3.05, 3.63) is 26.8 Å². The van der Waals surface area contributed by atoms with Crippen LogP contribution in [0.2, 0.25) is 5.02 Å². The van der Waals surface area contributed by atoms with Gasteiger partial charge in [-0.1, -0.05) is 31.9 Å². The topological polar surface area (TPSA) is 55.1 Å². The summed E-state index contributed by atoms with van der Waals surface area (Å²) < 4.78 is 0.903. The standard InChI is InChI=1S/C12H16ClIN2O/c1-3-7(2)11(15)12(17)16-10-5-4-8(13)6-9(10)14/h4-7,11H,3,15H2,1-2H3,(H,16,17). The van der Waals surface area contributed by atoms with Gasteiger partial charge in [-0.15, -0.1) is 0 Å². The zero-order chi connectivity index (χ0) is 13.0. The highest BCUT2D eigenvalue weighted by atomic mass is 127. The molecule has 1 aromatic rings. The highest BCUT2D eigenvalue weighted by Crippen LogP contribution is 2.22. The number of nitrogens with one attached hydrogen (secondary N) is 1. The number of halogens is 2. The lowest BCUT2D eigenvalue weighted by atomic mass is 9.99. The average Bonchev–Trinajstić information content (AvgIpc) is 2.30. The minimum atomic E-state index is -0.480. The van der Waals surface area contributed by atoms with Crippen molar-refractivity contribution in [2.45, 2.75) is 26.3 Å². The monoisotopic (exact) mass is 366 g/mol. The van der Waals surface area contributed by atoms with Crippen molar-refractivity contribution in [2.75, 3.05) is 5.32 Å². The van der Waals surface area contributed by atoms with E-state index in [1.54, 1.807) is 18.2 Å². The largest absolute Gasteiger partial charge is 0.324 e. The van der Waals surface area contributed by atoms with Crippen LogP contribution in [0, 0.1) is 9.49 Å². The molecule has 0 radical (unpaired) electrons. The van der Waals surface area contributed by atoms with Crippen molar-refractivity contribution >= 4 is 45.8 Å². The van der Waals surface area contributed by atoms with E-state index in [9.17, 15) is 4.79 Å². The van der Waals surface area contributed by atoms with Gasteiger partial charge < -0.3 is 11.1 Å². The molecule has 0 bridgehead atoms. The Labute approximate surface area is 120 Å². The molecular weight excluding hydrogens is 351 g/mol. The molecule has 1 amide bonds. The van der Waals surface area contributed by atoms with Crippen LogP contribution in [0.4, 0.5) is 5.69 Å². The summed E-state index contributed by atoms with van der Waals surface area (Å²) in [6, 6.07) is 4.85. The number of carbonyl (C=O) groups excluding carboxylic acids is 1. The molecule has 0 saturated heterocycles. The Bertz CT molecular complexity index is 411. The second-order valence-corrected chi connectivity index (χ2v) is 5.62. The first-order valence-electron chi connectivity index (χ1n) is 5.47. The van der Waals surface area contributed by atoms with Gasteiger partial charge in [-0.25, -0.2) is 0 Å². The van der Waals surface area contributed by atoms with Gasteiger partial charge in [-0.2, -0.15) is 0 Å². The molecule has 0 aliphatic rings. The van der Waals surface area contributed by atoms with Gasteiger partial charge in [0.1, 0.15) is 0 Å². The Morgan fingerprint density at radius 2 is 2.24 bits per heavy atom. The third-order valence-corrected chi connectivity index (χ3v) is 3.88. The van der Waals surface area contributed by atoms with Crippen LogP contribution in [-0.2, 0) is 4.79 Å². The summed E-state index contributed by atoms with van der Waals surface area (Å²) in [5.74, 6) is 0.0135. The van der Waals surface area contributed by atoms with Crippen LogP contribution in [0.15, 0.2) is 18.2 Å². The van der Waals surface area contributed by atoms with E-state index in [1.807, 2.05) is 13.8 Å². The van der Waals surface area contributed by atoms with Crippen LogP contribution in [0.1, 0.15) is 20.3 Å². The van der Waals surface area contributed by atoms with Gasteiger partial charge in [-0.3, -0.25) is 4.79 Å². The first-order chi connectivity index (χ1) is 7.95. The molecule has 2 atom stereocenters. The Balaban J connectivity index is 2.74. The molecule has 0 spiro atoms. The lowest BCUT2D eigenvalue weighted by Gasteiger charge is -2.18. The minimum absolute atomic E-state index is 0.153. The maximum atomic E-state index is 11.9. The molecule has 0 fully saturated rings. The molecule has 0 saturated carbocycles. The Hall–Kier alpha value is -0.330. The molecule has 94 valence electrons. The van der Waals surface area contributed by atoms with Crippen molar-refractivity contribution in [2.24, 2.45) is 11.7 Å². The van der Waals surface area contributed by atoms with Crippen LogP contribution in [0.25, 0.3) is 0 Å². The smallest absolute Gasteiger partial charge is 0.241 e. The summed E-state index contributed by atoms with van der Waals surface area (Å²) in [5, 5.41) is 3.47. The van der Waals surface area contributed by atoms with Gasteiger partial charge in [0.2, 0.25) is 5.91 Å².